The fourth-order valence-electron chi connectivity index (χ4n) is 4.59. The quantitative estimate of drug-likeness (QED) is 0.921. The number of fused-ring (bicyclic) bond motifs is 1. The summed E-state index contributed by atoms with van der Waals surface area (Å²) in [6.45, 7) is 6.04. The minimum Gasteiger partial charge on any atom is -0.396 e. The molecule has 132 valence electrons. The van der Waals surface area contributed by atoms with Crippen LogP contribution in [0.3, 0.4) is 0 Å². The molecule has 4 rings (SSSR count). The second-order valence-corrected chi connectivity index (χ2v) is 7.64. The highest BCUT2D eigenvalue weighted by molar-refractivity contribution is 5.52. The van der Waals surface area contributed by atoms with E-state index in [1.165, 1.54) is 37.8 Å². The minimum absolute atomic E-state index is 0.241. The standard InChI is InChI=1S/C20H30N2O2/c23-14-16-13-22(10-11-24-15-16)19-6-8-21(9-7-19)20-5-4-17-2-1-3-18(17)12-20/h4-5,12,16,19,23H,1-3,6-11,13-15H2. The average Bonchev–Trinajstić information content (AvgIpc) is 2.97. The normalized spacial score (nSPS) is 26.4. The summed E-state index contributed by atoms with van der Waals surface area (Å²) >= 11 is 0. The lowest BCUT2D eigenvalue weighted by Gasteiger charge is -2.39. The molecule has 0 radical (unpaired) electrons. The van der Waals surface area contributed by atoms with Crippen molar-refractivity contribution in [2.75, 3.05) is 50.9 Å². The van der Waals surface area contributed by atoms with Gasteiger partial charge >= 0.3 is 0 Å². The van der Waals surface area contributed by atoms with E-state index in [-0.39, 0.29) is 12.5 Å². The van der Waals surface area contributed by atoms with E-state index in [0.717, 1.165) is 32.8 Å². The molecule has 1 unspecified atom stereocenters. The van der Waals surface area contributed by atoms with E-state index in [9.17, 15) is 5.11 Å². The number of hydrogen-bond acceptors (Lipinski definition) is 4. The van der Waals surface area contributed by atoms with Crippen molar-refractivity contribution in [2.45, 2.75) is 38.1 Å². The van der Waals surface area contributed by atoms with Gasteiger partial charge in [-0.25, -0.2) is 0 Å². The minimum atomic E-state index is 0.241. The zero-order valence-corrected chi connectivity index (χ0v) is 14.6. The van der Waals surface area contributed by atoms with Gasteiger partial charge in [-0.1, -0.05) is 6.07 Å². The number of aliphatic hydroxyl groups is 1. The van der Waals surface area contributed by atoms with Crippen molar-refractivity contribution in [3.63, 3.8) is 0 Å². The first-order valence-corrected chi connectivity index (χ1v) is 9.63. The van der Waals surface area contributed by atoms with Gasteiger partial charge in [-0.05, 0) is 55.4 Å². The third-order valence-electron chi connectivity index (χ3n) is 6.06. The van der Waals surface area contributed by atoms with Gasteiger partial charge in [-0.15, -0.1) is 0 Å². The number of benzene rings is 1. The molecule has 0 spiro atoms. The summed E-state index contributed by atoms with van der Waals surface area (Å²) in [5, 5.41) is 9.48. The summed E-state index contributed by atoms with van der Waals surface area (Å²) in [6, 6.07) is 7.75. The SMILES string of the molecule is OCC1COCCN(C2CCN(c3ccc4c(c3)CCC4)CC2)C1. The maximum absolute atomic E-state index is 9.48. The molecule has 0 bridgehead atoms. The molecular formula is C20H30N2O2. The Morgan fingerprint density at radius 3 is 2.75 bits per heavy atom. The van der Waals surface area contributed by atoms with Gasteiger partial charge in [-0.2, -0.15) is 0 Å². The first-order valence-electron chi connectivity index (χ1n) is 9.63. The Hall–Kier alpha value is -1.10. The highest BCUT2D eigenvalue weighted by Crippen LogP contribution is 2.29. The molecule has 24 heavy (non-hydrogen) atoms. The molecule has 4 heteroatoms. The number of hydrogen-bond donors (Lipinski definition) is 1. The molecule has 1 N–H and O–H groups in total. The fraction of sp³-hybridized carbons (Fsp3) is 0.700. The van der Waals surface area contributed by atoms with Crippen LogP contribution in [0.15, 0.2) is 18.2 Å². The van der Waals surface area contributed by atoms with Crippen LogP contribution in [0.5, 0.6) is 0 Å². The summed E-state index contributed by atoms with van der Waals surface area (Å²) in [4.78, 5) is 5.13. The molecule has 2 aliphatic heterocycles. The van der Waals surface area contributed by atoms with Gasteiger partial charge in [0.15, 0.2) is 0 Å². The second kappa shape index (κ2) is 7.42. The average molecular weight is 330 g/mol. The van der Waals surface area contributed by atoms with Crippen LogP contribution >= 0.6 is 0 Å². The summed E-state index contributed by atoms with van der Waals surface area (Å²) in [7, 11) is 0. The van der Waals surface area contributed by atoms with Gasteiger partial charge < -0.3 is 14.7 Å². The van der Waals surface area contributed by atoms with Gasteiger partial charge in [-0.3, -0.25) is 4.90 Å². The first-order chi connectivity index (χ1) is 11.8. The molecule has 2 fully saturated rings. The molecule has 4 nitrogen and oxygen atoms in total. The van der Waals surface area contributed by atoms with E-state index in [1.54, 1.807) is 11.1 Å². The Morgan fingerprint density at radius 2 is 1.92 bits per heavy atom. The Morgan fingerprint density at radius 1 is 1.08 bits per heavy atom. The van der Waals surface area contributed by atoms with Gasteiger partial charge in [0.25, 0.3) is 0 Å². The Balaban J connectivity index is 1.36. The van der Waals surface area contributed by atoms with Gasteiger partial charge in [0, 0.05) is 50.4 Å². The highest BCUT2D eigenvalue weighted by Gasteiger charge is 2.28. The van der Waals surface area contributed by atoms with Crippen LogP contribution in [0.25, 0.3) is 0 Å². The van der Waals surface area contributed by atoms with E-state index >= 15 is 0 Å². The second-order valence-electron chi connectivity index (χ2n) is 7.64. The summed E-state index contributed by atoms with van der Waals surface area (Å²) < 4.78 is 5.64. The van der Waals surface area contributed by atoms with Gasteiger partial charge in [0.05, 0.1) is 13.2 Å². The van der Waals surface area contributed by atoms with Crippen molar-refractivity contribution in [1.29, 1.82) is 0 Å². The molecule has 1 atom stereocenters. The highest BCUT2D eigenvalue weighted by atomic mass is 16.5. The first kappa shape index (κ1) is 16.4. The smallest absolute Gasteiger partial charge is 0.0593 e. The van der Waals surface area contributed by atoms with Crippen molar-refractivity contribution < 1.29 is 9.84 Å². The van der Waals surface area contributed by atoms with Crippen LogP contribution in [0.1, 0.15) is 30.4 Å². The molecular weight excluding hydrogens is 300 g/mol. The van der Waals surface area contributed by atoms with E-state index in [2.05, 4.69) is 28.0 Å². The maximum atomic E-state index is 9.48. The number of aliphatic hydroxyl groups excluding tert-OH is 1. The van der Waals surface area contributed by atoms with Gasteiger partial charge in [0.2, 0.25) is 0 Å². The van der Waals surface area contributed by atoms with E-state index in [1.807, 2.05) is 0 Å². The number of aryl methyl sites for hydroxylation is 2. The number of piperidine rings is 1. The van der Waals surface area contributed by atoms with Crippen LogP contribution in [0.4, 0.5) is 5.69 Å². The van der Waals surface area contributed by atoms with Crippen molar-refractivity contribution in [3.05, 3.63) is 29.3 Å². The summed E-state index contributed by atoms with van der Waals surface area (Å²) in [5.41, 5.74) is 4.56. The number of ether oxygens (including phenoxy) is 1. The lowest BCUT2D eigenvalue weighted by atomic mass is 10.00. The zero-order chi connectivity index (χ0) is 16.4. The van der Waals surface area contributed by atoms with Crippen molar-refractivity contribution >= 4 is 5.69 Å². The van der Waals surface area contributed by atoms with Crippen LogP contribution < -0.4 is 4.90 Å². The number of rotatable bonds is 3. The predicted octanol–water partition coefficient (Wildman–Crippen LogP) is 2.08. The molecule has 0 saturated carbocycles. The molecule has 0 aromatic heterocycles. The lowest BCUT2D eigenvalue weighted by molar-refractivity contribution is 0.0955. The number of nitrogens with zero attached hydrogens (tertiary/aromatic N) is 2. The third kappa shape index (κ3) is 3.46. The number of anilines is 1. The summed E-state index contributed by atoms with van der Waals surface area (Å²) in [5.74, 6) is 0.280. The molecule has 3 aliphatic rings. The molecule has 1 aromatic carbocycles. The van der Waals surface area contributed by atoms with Crippen LogP contribution in [0.2, 0.25) is 0 Å². The Bertz CT molecular complexity index is 555. The van der Waals surface area contributed by atoms with E-state index in [4.69, 9.17) is 4.74 Å². The van der Waals surface area contributed by atoms with Crippen LogP contribution in [-0.4, -0.2) is 62.0 Å². The maximum Gasteiger partial charge on any atom is 0.0593 e. The Labute approximate surface area is 145 Å². The molecule has 2 saturated heterocycles. The Kier molecular flexibility index (Phi) is 5.06. The predicted molar refractivity (Wildman–Crippen MR) is 96.7 cm³/mol. The summed E-state index contributed by atoms with van der Waals surface area (Å²) in [6.07, 6.45) is 6.28. The molecule has 1 aromatic rings. The van der Waals surface area contributed by atoms with Crippen molar-refractivity contribution in [3.8, 4) is 0 Å². The molecule has 1 aliphatic carbocycles. The topological polar surface area (TPSA) is 35.9 Å². The van der Waals surface area contributed by atoms with E-state index < -0.39 is 0 Å². The zero-order valence-electron chi connectivity index (χ0n) is 14.6. The largest absolute Gasteiger partial charge is 0.396 e. The van der Waals surface area contributed by atoms with Crippen molar-refractivity contribution in [1.82, 2.24) is 4.90 Å². The third-order valence-corrected chi connectivity index (χ3v) is 6.06. The lowest BCUT2D eigenvalue weighted by Crippen LogP contribution is -2.47. The van der Waals surface area contributed by atoms with Crippen molar-refractivity contribution in [2.24, 2.45) is 5.92 Å². The molecule has 2 heterocycles. The van der Waals surface area contributed by atoms with Crippen LogP contribution in [0, 0.1) is 5.92 Å². The fourth-order valence-corrected chi connectivity index (χ4v) is 4.59. The van der Waals surface area contributed by atoms with Gasteiger partial charge in [0.1, 0.15) is 0 Å². The van der Waals surface area contributed by atoms with E-state index in [0.29, 0.717) is 12.6 Å². The monoisotopic (exact) mass is 330 g/mol. The van der Waals surface area contributed by atoms with Crippen LogP contribution in [-0.2, 0) is 17.6 Å². The molecule has 0 amide bonds.